The molecular formula is C15H17Cl2Na5O13. The molecule has 0 saturated heterocycles. The van der Waals surface area contributed by atoms with Gasteiger partial charge in [0, 0.05) is 42.8 Å². The fourth-order valence-corrected chi connectivity index (χ4v) is 1.37. The van der Waals surface area contributed by atoms with Crippen molar-refractivity contribution in [3.8, 4) is 0 Å². The van der Waals surface area contributed by atoms with E-state index in [-0.39, 0.29) is 148 Å². The van der Waals surface area contributed by atoms with Crippen LogP contribution < -0.4 is 168 Å². The Hall–Kier alpha value is 2.68. The molecule has 0 radical (unpaired) electrons. The summed E-state index contributed by atoms with van der Waals surface area (Å²) in [5, 5.41) is 57.1. The Bertz CT molecular complexity index is 614. The molecule has 174 valence electrons. The molecule has 0 spiro atoms. The van der Waals surface area contributed by atoms with Gasteiger partial charge in [0.15, 0.2) is 5.78 Å². The number of aliphatic hydroxyl groups excluding tert-OH is 2. The first-order chi connectivity index (χ1) is 13.6. The minimum Gasteiger partial charge on any atom is -0.550 e. The molecule has 13 nitrogen and oxygen atoms in total. The molecule has 0 saturated carbocycles. The number of aliphatic carboxylic acids is 4. The van der Waals surface area contributed by atoms with Gasteiger partial charge in [-0.3, -0.25) is 4.79 Å². The molecule has 35 heavy (non-hydrogen) atoms. The van der Waals surface area contributed by atoms with Gasteiger partial charge in [-0.1, -0.05) is 23.2 Å². The standard InChI is InChI=1S/C7H10O6.C6H7O6.C2H4Cl2O.5Na/c1-3(8)6(11)4(7(12)13)2-5(9)10;7-2-4(8)3(6(11)12)1-5(9)10;1-5-2(3)4;;;;;/h4,6,11H,2H2,1H3,(H,9,10)(H,12,13);3-4,8H,1H2,(H,9,10)(H,11,12);2H,1H3;;;;;/q;-1;;5*+1/p-4. The maximum Gasteiger partial charge on any atom is 1.00 e. The zero-order valence-electron chi connectivity index (χ0n) is 20.4. The number of hydrogen-bond donors (Lipinski definition) is 2. The zero-order chi connectivity index (χ0) is 24.6. The molecule has 2 N–H and O–H groups in total. The van der Waals surface area contributed by atoms with E-state index in [0.29, 0.717) is 0 Å². The van der Waals surface area contributed by atoms with Crippen LogP contribution in [0.25, 0.3) is 0 Å². The average Bonchev–Trinajstić information content (AvgIpc) is 2.63. The largest absolute Gasteiger partial charge is 1.00 e. The molecule has 0 rings (SSSR count). The van der Waals surface area contributed by atoms with Gasteiger partial charge in [-0.05, 0) is 25.9 Å². The summed E-state index contributed by atoms with van der Waals surface area (Å²) in [6, 6.07) is 0. The Morgan fingerprint density at radius 1 is 0.800 bits per heavy atom. The molecule has 0 aliphatic carbocycles. The summed E-state index contributed by atoms with van der Waals surface area (Å²) in [5.74, 6) is -11.3. The van der Waals surface area contributed by atoms with Crippen molar-refractivity contribution in [3.63, 3.8) is 0 Å². The van der Waals surface area contributed by atoms with Gasteiger partial charge in [-0.25, -0.2) is 6.29 Å². The van der Waals surface area contributed by atoms with Crippen molar-refractivity contribution in [2.75, 3.05) is 7.11 Å². The van der Waals surface area contributed by atoms with Crippen molar-refractivity contribution in [1.82, 2.24) is 0 Å². The van der Waals surface area contributed by atoms with Gasteiger partial charge in [0.1, 0.15) is 6.10 Å². The van der Waals surface area contributed by atoms with E-state index in [4.69, 9.17) is 33.4 Å². The van der Waals surface area contributed by atoms with Crippen LogP contribution in [0.5, 0.6) is 0 Å². The molecule has 0 fully saturated rings. The molecule has 0 heterocycles. The van der Waals surface area contributed by atoms with Crippen LogP contribution in [0.15, 0.2) is 0 Å². The average molecular weight is 591 g/mol. The molecule has 4 unspecified atom stereocenters. The maximum absolute atomic E-state index is 10.5. The molecule has 4 atom stereocenters. The molecule has 0 bridgehead atoms. The predicted molar refractivity (Wildman–Crippen MR) is 87.1 cm³/mol. The van der Waals surface area contributed by atoms with Crippen molar-refractivity contribution in [2.45, 2.75) is 37.0 Å². The SMILES string of the molecule is CC(=O)C(O)C(CC(=O)[O-])C(=O)[O-].COC(Cl)Cl.O=[C-]C(O)C(CC(=O)[O-])C(=O)[O-].[Na+].[Na+].[Na+].[Na+].[Na+]. The quantitative estimate of drug-likeness (QED) is 0.129. The van der Waals surface area contributed by atoms with E-state index < -0.39 is 71.6 Å². The van der Waals surface area contributed by atoms with Crippen LogP contribution in [-0.2, 0) is 33.5 Å². The van der Waals surface area contributed by atoms with E-state index in [1.165, 1.54) is 7.11 Å². The Labute approximate surface area is 321 Å². The molecule has 0 aromatic rings. The van der Waals surface area contributed by atoms with E-state index in [1.54, 1.807) is 0 Å². The third-order valence-corrected chi connectivity index (χ3v) is 3.21. The Balaban J connectivity index is -0.0000000521. The molecule has 0 aliphatic rings. The van der Waals surface area contributed by atoms with Crippen LogP contribution in [0.3, 0.4) is 0 Å². The first-order valence-corrected chi connectivity index (χ1v) is 8.36. The number of alkyl halides is 2. The van der Waals surface area contributed by atoms with Gasteiger partial charge in [-0.15, -0.1) is 0 Å². The fourth-order valence-electron chi connectivity index (χ4n) is 1.37. The van der Waals surface area contributed by atoms with Crippen molar-refractivity contribution >= 4 is 59.1 Å². The van der Waals surface area contributed by atoms with Crippen LogP contribution in [0.2, 0.25) is 0 Å². The minimum absolute atomic E-state index is 0. The number of halogens is 2. The number of carbonyl (C=O) groups is 5. The van der Waals surface area contributed by atoms with Crippen LogP contribution in [-0.4, -0.2) is 70.5 Å². The number of ether oxygens (including phenoxy) is 1. The summed E-state index contributed by atoms with van der Waals surface area (Å²) in [5.41, 5.74) is 0. The number of rotatable bonds is 11. The first-order valence-electron chi connectivity index (χ1n) is 7.48. The van der Waals surface area contributed by atoms with Crippen molar-refractivity contribution in [1.29, 1.82) is 0 Å². The Morgan fingerprint density at radius 3 is 1.26 bits per heavy atom. The number of carbonyl (C=O) groups excluding carboxylic acids is 6. The normalized spacial score (nSPS) is 11.9. The topological polar surface area (TPSA) is 244 Å². The van der Waals surface area contributed by atoms with Gasteiger partial charge in [0.2, 0.25) is 5.02 Å². The second-order valence-electron chi connectivity index (χ2n) is 5.12. The number of ketones is 1. The summed E-state index contributed by atoms with van der Waals surface area (Å²) in [6.45, 7) is 0.954. The van der Waals surface area contributed by atoms with E-state index >= 15 is 0 Å². The van der Waals surface area contributed by atoms with E-state index in [0.717, 1.165) is 13.2 Å². The van der Waals surface area contributed by atoms with Crippen LogP contribution >= 0.6 is 23.2 Å². The number of hydrogen-bond acceptors (Lipinski definition) is 13. The molecule has 20 heteroatoms. The summed E-state index contributed by atoms with van der Waals surface area (Å²) in [7, 11) is 1.44. The number of aliphatic hydroxyl groups is 2. The van der Waals surface area contributed by atoms with Crippen LogP contribution in [0, 0.1) is 11.8 Å². The summed E-state index contributed by atoms with van der Waals surface area (Å²) >= 11 is 10.0. The van der Waals surface area contributed by atoms with E-state index in [9.17, 15) is 49.2 Å². The third-order valence-electron chi connectivity index (χ3n) is 2.86. The number of carboxylic acid groups (broad SMARTS) is 4. The summed E-state index contributed by atoms with van der Waals surface area (Å²) in [4.78, 5) is 60.5. The van der Waals surface area contributed by atoms with Gasteiger partial charge >= 0.3 is 148 Å². The summed E-state index contributed by atoms with van der Waals surface area (Å²) in [6.07, 6.45) is -4.82. The first kappa shape index (κ1) is 57.5. The molecule has 0 aromatic carbocycles. The van der Waals surface area contributed by atoms with Crippen LogP contribution in [0.1, 0.15) is 19.8 Å². The fraction of sp³-hybridized carbons (Fsp3) is 0.600. The number of Topliss-reactive ketones (excluding diaryl/α,β-unsaturated/α-hetero) is 1. The van der Waals surface area contributed by atoms with E-state index in [1.807, 2.05) is 0 Å². The number of carboxylic acids is 4. The molecule has 0 aromatic heterocycles. The van der Waals surface area contributed by atoms with Gasteiger partial charge in [-0.2, -0.15) is 0 Å². The van der Waals surface area contributed by atoms with E-state index in [2.05, 4.69) is 4.74 Å². The Morgan fingerprint density at radius 2 is 1.09 bits per heavy atom. The van der Waals surface area contributed by atoms with Gasteiger partial charge in [0.05, 0.1) is 0 Å². The van der Waals surface area contributed by atoms with Crippen molar-refractivity contribution in [3.05, 3.63) is 0 Å². The van der Waals surface area contributed by atoms with Gasteiger partial charge < -0.3 is 59.3 Å². The molecular weight excluding hydrogens is 574 g/mol. The van der Waals surface area contributed by atoms with Crippen molar-refractivity contribution < 1.29 is 212 Å². The summed E-state index contributed by atoms with van der Waals surface area (Å²) < 4.78 is 4.28. The molecule has 0 aliphatic heterocycles. The smallest absolute Gasteiger partial charge is 0.550 e. The Kier molecular flexibility index (Phi) is 57.1. The van der Waals surface area contributed by atoms with Crippen molar-refractivity contribution in [2.24, 2.45) is 11.8 Å². The second-order valence-corrected chi connectivity index (χ2v) is 6.13. The predicted octanol–water partition coefficient (Wildman–Crippen LogP) is -21.2. The minimum atomic E-state index is -1.99. The monoisotopic (exact) mass is 590 g/mol. The number of methoxy groups -OCH3 is 1. The molecule has 0 amide bonds. The van der Waals surface area contributed by atoms with Gasteiger partial charge in [0.25, 0.3) is 0 Å². The zero-order valence-corrected chi connectivity index (χ0v) is 32.0. The van der Waals surface area contributed by atoms with Crippen LogP contribution in [0.4, 0.5) is 0 Å². The maximum atomic E-state index is 10.5. The third kappa shape index (κ3) is 36.7. The second kappa shape index (κ2) is 34.7.